The predicted molar refractivity (Wildman–Crippen MR) is 63.3 cm³/mol. The van der Waals surface area contributed by atoms with Gasteiger partial charge in [-0.15, -0.1) is 11.3 Å². The second kappa shape index (κ2) is 3.51. The average molecular weight is 230 g/mol. The number of thiophene rings is 1. The number of hydrogen-bond donors (Lipinski definition) is 1. The van der Waals surface area contributed by atoms with Crippen LogP contribution in [0.25, 0.3) is 0 Å². The van der Waals surface area contributed by atoms with Crippen molar-refractivity contribution in [2.75, 3.05) is 0 Å². The Morgan fingerprint density at radius 3 is 2.71 bits per heavy atom. The number of rotatable bonds is 2. The van der Waals surface area contributed by atoms with Crippen molar-refractivity contribution >= 4 is 22.9 Å². The Morgan fingerprint density at radius 1 is 1.43 bits per heavy atom. The zero-order chi connectivity index (χ0) is 10.3. The van der Waals surface area contributed by atoms with Crippen LogP contribution in [0.3, 0.4) is 0 Å². The highest BCUT2D eigenvalue weighted by atomic mass is 35.5. The maximum Gasteiger partial charge on any atom is 0.0580 e. The highest BCUT2D eigenvalue weighted by Crippen LogP contribution is 2.39. The first-order valence-corrected chi connectivity index (χ1v) is 6.24. The van der Waals surface area contributed by atoms with Gasteiger partial charge in [0.15, 0.2) is 0 Å². The van der Waals surface area contributed by atoms with Crippen molar-refractivity contribution in [2.45, 2.75) is 45.1 Å². The topological polar surface area (TPSA) is 26.0 Å². The SMILES string of the molecule is CC(C)(N)Cc1sc2c(c1Cl)CCC2. The fourth-order valence-electron chi connectivity index (χ4n) is 1.95. The molecule has 14 heavy (non-hydrogen) atoms. The van der Waals surface area contributed by atoms with E-state index in [0.717, 1.165) is 17.9 Å². The second-order valence-corrected chi connectivity index (χ2v) is 6.33. The van der Waals surface area contributed by atoms with E-state index in [1.165, 1.54) is 28.2 Å². The van der Waals surface area contributed by atoms with Gasteiger partial charge in [0.1, 0.15) is 0 Å². The van der Waals surface area contributed by atoms with E-state index in [9.17, 15) is 0 Å². The molecule has 1 aliphatic carbocycles. The minimum Gasteiger partial charge on any atom is -0.325 e. The van der Waals surface area contributed by atoms with Gasteiger partial charge in [-0.1, -0.05) is 11.6 Å². The molecular weight excluding hydrogens is 214 g/mol. The van der Waals surface area contributed by atoms with Crippen LogP contribution in [0.4, 0.5) is 0 Å². The number of aryl methyl sites for hydroxylation is 1. The number of nitrogens with two attached hydrogens (primary N) is 1. The molecule has 0 bridgehead atoms. The van der Waals surface area contributed by atoms with E-state index < -0.39 is 0 Å². The fourth-order valence-corrected chi connectivity index (χ4v) is 3.93. The smallest absolute Gasteiger partial charge is 0.0580 e. The maximum absolute atomic E-state index is 6.33. The summed E-state index contributed by atoms with van der Waals surface area (Å²) in [6, 6.07) is 0. The van der Waals surface area contributed by atoms with Crippen molar-refractivity contribution in [2.24, 2.45) is 5.73 Å². The molecule has 0 saturated carbocycles. The first-order chi connectivity index (χ1) is 6.47. The lowest BCUT2D eigenvalue weighted by Crippen LogP contribution is -2.34. The van der Waals surface area contributed by atoms with Crippen LogP contribution >= 0.6 is 22.9 Å². The van der Waals surface area contributed by atoms with Crippen LogP contribution in [-0.2, 0) is 19.3 Å². The van der Waals surface area contributed by atoms with E-state index in [0.29, 0.717) is 0 Å². The van der Waals surface area contributed by atoms with Crippen LogP contribution in [0.1, 0.15) is 35.6 Å². The van der Waals surface area contributed by atoms with Gasteiger partial charge in [0.05, 0.1) is 5.02 Å². The molecule has 78 valence electrons. The predicted octanol–water partition coefficient (Wildman–Crippen LogP) is 3.17. The van der Waals surface area contributed by atoms with Crippen LogP contribution in [-0.4, -0.2) is 5.54 Å². The molecule has 0 saturated heterocycles. The zero-order valence-corrected chi connectivity index (χ0v) is 10.3. The monoisotopic (exact) mass is 229 g/mol. The fraction of sp³-hybridized carbons (Fsp3) is 0.636. The Balaban J connectivity index is 2.28. The molecule has 1 heterocycles. The van der Waals surface area contributed by atoms with Gasteiger partial charge in [-0.25, -0.2) is 0 Å². The van der Waals surface area contributed by atoms with Crippen LogP contribution in [0.5, 0.6) is 0 Å². The molecule has 0 aliphatic heterocycles. The van der Waals surface area contributed by atoms with Crippen molar-refractivity contribution in [3.05, 3.63) is 20.3 Å². The molecule has 0 unspecified atom stereocenters. The van der Waals surface area contributed by atoms with Crippen molar-refractivity contribution in [1.29, 1.82) is 0 Å². The summed E-state index contributed by atoms with van der Waals surface area (Å²) in [5.41, 5.74) is 7.25. The third-order valence-corrected chi connectivity index (χ3v) is 4.40. The second-order valence-electron chi connectivity index (χ2n) is 4.76. The van der Waals surface area contributed by atoms with Gasteiger partial charge in [0.2, 0.25) is 0 Å². The molecule has 0 aromatic carbocycles. The normalized spacial score (nSPS) is 16.0. The third kappa shape index (κ3) is 1.97. The van der Waals surface area contributed by atoms with Crippen LogP contribution < -0.4 is 5.73 Å². The van der Waals surface area contributed by atoms with Gasteiger partial charge in [-0.2, -0.15) is 0 Å². The molecule has 0 fully saturated rings. The van der Waals surface area contributed by atoms with E-state index in [1.54, 1.807) is 0 Å². The maximum atomic E-state index is 6.33. The first kappa shape index (κ1) is 10.5. The molecule has 0 atom stereocenters. The molecule has 1 aliphatic rings. The Labute approximate surface area is 94.3 Å². The molecule has 3 heteroatoms. The summed E-state index contributed by atoms with van der Waals surface area (Å²) >= 11 is 8.19. The summed E-state index contributed by atoms with van der Waals surface area (Å²) in [5.74, 6) is 0. The molecule has 1 aromatic rings. The van der Waals surface area contributed by atoms with Crippen molar-refractivity contribution < 1.29 is 0 Å². The quantitative estimate of drug-likeness (QED) is 0.829. The molecule has 1 nitrogen and oxygen atoms in total. The zero-order valence-electron chi connectivity index (χ0n) is 8.69. The molecule has 0 amide bonds. The lowest BCUT2D eigenvalue weighted by atomic mass is 10.0. The average Bonchev–Trinajstić information content (AvgIpc) is 2.55. The molecule has 2 N–H and O–H groups in total. The van der Waals surface area contributed by atoms with Crippen molar-refractivity contribution in [3.63, 3.8) is 0 Å². The number of hydrogen-bond acceptors (Lipinski definition) is 2. The summed E-state index contributed by atoms with van der Waals surface area (Å²) in [5, 5.41) is 1.00. The third-order valence-electron chi connectivity index (χ3n) is 2.54. The molecule has 1 aromatic heterocycles. The first-order valence-electron chi connectivity index (χ1n) is 5.05. The minimum absolute atomic E-state index is 0.151. The Bertz CT molecular complexity index is 349. The van der Waals surface area contributed by atoms with E-state index in [4.69, 9.17) is 17.3 Å². The van der Waals surface area contributed by atoms with Crippen LogP contribution in [0.2, 0.25) is 5.02 Å². The van der Waals surface area contributed by atoms with Gasteiger partial charge in [-0.3, -0.25) is 0 Å². The Hall–Kier alpha value is -0.0500. The Morgan fingerprint density at radius 2 is 2.14 bits per heavy atom. The highest BCUT2D eigenvalue weighted by molar-refractivity contribution is 7.12. The van der Waals surface area contributed by atoms with E-state index in [1.807, 2.05) is 25.2 Å². The lowest BCUT2D eigenvalue weighted by molar-refractivity contribution is 0.521. The van der Waals surface area contributed by atoms with E-state index in [-0.39, 0.29) is 5.54 Å². The standard InChI is InChI=1S/C11H16ClNS/c1-11(2,13)6-9-10(12)7-4-3-5-8(7)14-9/h3-6,13H2,1-2H3. The number of fused-ring (bicyclic) bond motifs is 1. The molecular formula is C11H16ClNS. The number of halogens is 1. The van der Waals surface area contributed by atoms with E-state index >= 15 is 0 Å². The summed E-state index contributed by atoms with van der Waals surface area (Å²) in [6.45, 7) is 4.10. The summed E-state index contributed by atoms with van der Waals surface area (Å²) in [6.07, 6.45) is 4.54. The summed E-state index contributed by atoms with van der Waals surface area (Å²) in [4.78, 5) is 2.78. The molecule has 0 spiro atoms. The van der Waals surface area contributed by atoms with Crippen molar-refractivity contribution in [1.82, 2.24) is 0 Å². The largest absolute Gasteiger partial charge is 0.325 e. The highest BCUT2D eigenvalue weighted by Gasteiger charge is 2.23. The van der Waals surface area contributed by atoms with Crippen molar-refractivity contribution in [3.8, 4) is 0 Å². The Kier molecular flexibility index (Phi) is 2.63. The van der Waals surface area contributed by atoms with Crippen LogP contribution in [0, 0.1) is 0 Å². The molecule has 0 radical (unpaired) electrons. The minimum atomic E-state index is -0.151. The summed E-state index contributed by atoms with van der Waals surface area (Å²) < 4.78 is 0. The van der Waals surface area contributed by atoms with Crippen LogP contribution in [0.15, 0.2) is 0 Å². The molecule has 2 rings (SSSR count). The summed E-state index contributed by atoms with van der Waals surface area (Å²) in [7, 11) is 0. The van der Waals surface area contributed by atoms with Gasteiger partial charge < -0.3 is 5.73 Å². The van der Waals surface area contributed by atoms with Gasteiger partial charge >= 0.3 is 0 Å². The van der Waals surface area contributed by atoms with E-state index in [2.05, 4.69) is 0 Å². The van der Waals surface area contributed by atoms with Gasteiger partial charge in [0.25, 0.3) is 0 Å². The van der Waals surface area contributed by atoms with Gasteiger partial charge in [-0.05, 0) is 38.7 Å². The lowest BCUT2D eigenvalue weighted by Gasteiger charge is -2.17. The van der Waals surface area contributed by atoms with Gasteiger partial charge in [0, 0.05) is 21.7 Å².